The number of rotatable bonds is 6. The molecule has 0 bridgehead atoms. The van der Waals surface area contributed by atoms with Crippen molar-refractivity contribution in [3.63, 3.8) is 0 Å². The van der Waals surface area contributed by atoms with Gasteiger partial charge < -0.3 is 14.8 Å². The number of thiazole rings is 1. The van der Waals surface area contributed by atoms with Gasteiger partial charge >= 0.3 is 0 Å². The van der Waals surface area contributed by atoms with Crippen molar-refractivity contribution < 1.29 is 14.3 Å². The Morgan fingerprint density at radius 1 is 1.24 bits per heavy atom. The lowest BCUT2D eigenvalue weighted by molar-refractivity contribution is 0.102. The highest BCUT2D eigenvalue weighted by molar-refractivity contribution is 7.13. The van der Waals surface area contributed by atoms with Crippen LogP contribution in [0.1, 0.15) is 17.4 Å². The fourth-order valence-corrected chi connectivity index (χ4v) is 2.85. The van der Waals surface area contributed by atoms with Crippen LogP contribution in [0, 0.1) is 0 Å². The van der Waals surface area contributed by atoms with E-state index >= 15 is 0 Å². The molecule has 2 aromatic heterocycles. The molecule has 0 unspecified atom stereocenters. The zero-order valence-electron chi connectivity index (χ0n) is 13.7. The van der Waals surface area contributed by atoms with Gasteiger partial charge in [-0.2, -0.15) is 0 Å². The smallest absolute Gasteiger partial charge is 0.275 e. The fourth-order valence-electron chi connectivity index (χ4n) is 2.11. The summed E-state index contributed by atoms with van der Waals surface area (Å²) in [6.07, 6.45) is 3.27. The Morgan fingerprint density at radius 3 is 2.76 bits per heavy atom. The standard InChI is InChI=1S/C17H16N4O3S/c1-3-24-13-6-5-11(9-14(13)23-2)20-16(22)12-10-25-17(21-12)15-18-7-4-8-19-15/h4-10H,3H2,1-2H3,(H,20,22). The number of hydrogen-bond acceptors (Lipinski definition) is 7. The summed E-state index contributed by atoms with van der Waals surface area (Å²) in [5.74, 6) is 1.36. The van der Waals surface area contributed by atoms with E-state index < -0.39 is 0 Å². The maximum atomic E-state index is 12.4. The number of methoxy groups -OCH3 is 1. The lowest BCUT2D eigenvalue weighted by Gasteiger charge is -2.11. The summed E-state index contributed by atoms with van der Waals surface area (Å²) in [6, 6.07) is 6.93. The third-order valence-corrected chi connectivity index (χ3v) is 4.05. The third-order valence-electron chi connectivity index (χ3n) is 3.22. The molecular formula is C17H16N4O3S. The molecule has 0 aliphatic rings. The van der Waals surface area contributed by atoms with Gasteiger partial charge in [0, 0.05) is 29.5 Å². The van der Waals surface area contributed by atoms with Crippen LogP contribution >= 0.6 is 11.3 Å². The molecule has 0 aliphatic heterocycles. The quantitative estimate of drug-likeness (QED) is 0.729. The van der Waals surface area contributed by atoms with Crippen molar-refractivity contribution >= 4 is 22.9 Å². The van der Waals surface area contributed by atoms with E-state index in [1.165, 1.54) is 11.3 Å². The monoisotopic (exact) mass is 356 g/mol. The van der Waals surface area contributed by atoms with Gasteiger partial charge in [-0.15, -0.1) is 11.3 Å². The lowest BCUT2D eigenvalue weighted by Crippen LogP contribution is -2.12. The topological polar surface area (TPSA) is 86.2 Å². The second kappa shape index (κ2) is 7.71. The molecule has 2 heterocycles. The molecule has 1 N–H and O–H groups in total. The maximum absolute atomic E-state index is 12.4. The number of amides is 1. The summed E-state index contributed by atoms with van der Waals surface area (Å²) in [7, 11) is 1.55. The van der Waals surface area contributed by atoms with E-state index in [1.54, 1.807) is 49.1 Å². The number of benzene rings is 1. The normalized spacial score (nSPS) is 10.3. The van der Waals surface area contributed by atoms with E-state index in [0.29, 0.717) is 40.3 Å². The van der Waals surface area contributed by atoms with Crippen LogP contribution in [0.5, 0.6) is 11.5 Å². The van der Waals surface area contributed by atoms with Gasteiger partial charge in [0.1, 0.15) is 5.69 Å². The van der Waals surface area contributed by atoms with Crippen LogP contribution in [-0.4, -0.2) is 34.6 Å². The molecule has 25 heavy (non-hydrogen) atoms. The van der Waals surface area contributed by atoms with Crippen LogP contribution < -0.4 is 14.8 Å². The third kappa shape index (κ3) is 3.92. The van der Waals surface area contributed by atoms with E-state index in [2.05, 4.69) is 20.3 Å². The van der Waals surface area contributed by atoms with Crippen molar-refractivity contribution in [1.82, 2.24) is 15.0 Å². The van der Waals surface area contributed by atoms with Crippen molar-refractivity contribution in [1.29, 1.82) is 0 Å². The minimum Gasteiger partial charge on any atom is -0.493 e. The van der Waals surface area contributed by atoms with E-state index in [9.17, 15) is 4.79 Å². The van der Waals surface area contributed by atoms with Crippen LogP contribution in [0.4, 0.5) is 5.69 Å². The van der Waals surface area contributed by atoms with E-state index in [1.807, 2.05) is 6.92 Å². The number of carbonyl (C=O) groups is 1. The first kappa shape index (κ1) is 16.8. The second-order valence-corrected chi connectivity index (χ2v) is 5.72. The minimum atomic E-state index is -0.315. The fraction of sp³-hybridized carbons (Fsp3) is 0.176. The number of carbonyl (C=O) groups excluding carboxylic acids is 1. The Kier molecular flexibility index (Phi) is 5.20. The first-order chi connectivity index (χ1) is 12.2. The highest BCUT2D eigenvalue weighted by Gasteiger charge is 2.14. The zero-order chi connectivity index (χ0) is 17.6. The molecule has 1 amide bonds. The average Bonchev–Trinajstić information content (AvgIpc) is 3.14. The molecule has 0 spiro atoms. The molecule has 3 rings (SSSR count). The van der Waals surface area contributed by atoms with Crippen molar-refractivity contribution in [2.24, 2.45) is 0 Å². The zero-order valence-corrected chi connectivity index (χ0v) is 14.5. The SMILES string of the molecule is CCOc1ccc(NC(=O)c2csc(-c3ncccn3)n2)cc1OC. The first-order valence-electron chi connectivity index (χ1n) is 7.56. The average molecular weight is 356 g/mol. The first-order valence-corrected chi connectivity index (χ1v) is 8.44. The highest BCUT2D eigenvalue weighted by Crippen LogP contribution is 2.30. The van der Waals surface area contributed by atoms with Crippen molar-refractivity contribution in [3.8, 4) is 22.3 Å². The molecule has 0 aliphatic carbocycles. The van der Waals surface area contributed by atoms with Crippen LogP contribution in [-0.2, 0) is 0 Å². The lowest BCUT2D eigenvalue weighted by atomic mass is 10.2. The van der Waals surface area contributed by atoms with E-state index in [4.69, 9.17) is 9.47 Å². The molecule has 0 saturated carbocycles. The van der Waals surface area contributed by atoms with Crippen LogP contribution in [0.2, 0.25) is 0 Å². The van der Waals surface area contributed by atoms with Crippen LogP contribution in [0.25, 0.3) is 10.8 Å². The van der Waals surface area contributed by atoms with Gasteiger partial charge in [0.15, 0.2) is 22.3 Å². The largest absolute Gasteiger partial charge is 0.493 e. The predicted molar refractivity (Wildman–Crippen MR) is 95.3 cm³/mol. The highest BCUT2D eigenvalue weighted by atomic mass is 32.1. The summed E-state index contributed by atoms with van der Waals surface area (Å²) in [4.78, 5) is 24.9. The number of nitrogens with one attached hydrogen (secondary N) is 1. The number of anilines is 1. The second-order valence-electron chi connectivity index (χ2n) is 4.86. The number of nitrogens with zero attached hydrogens (tertiary/aromatic N) is 3. The van der Waals surface area contributed by atoms with Gasteiger partial charge in [0.25, 0.3) is 5.91 Å². The Hall–Kier alpha value is -3.00. The van der Waals surface area contributed by atoms with Crippen LogP contribution in [0.15, 0.2) is 42.0 Å². The molecule has 7 nitrogen and oxygen atoms in total. The molecule has 1 aromatic carbocycles. The minimum absolute atomic E-state index is 0.306. The summed E-state index contributed by atoms with van der Waals surface area (Å²) >= 11 is 1.32. The van der Waals surface area contributed by atoms with Gasteiger partial charge in [0.2, 0.25) is 0 Å². The molecule has 0 atom stereocenters. The number of hydrogen-bond donors (Lipinski definition) is 1. The van der Waals surface area contributed by atoms with E-state index in [0.717, 1.165) is 0 Å². The molecule has 0 fully saturated rings. The Balaban J connectivity index is 1.75. The molecule has 0 saturated heterocycles. The van der Waals surface area contributed by atoms with Gasteiger partial charge in [-0.05, 0) is 25.1 Å². The Morgan fingerprint density at radius 2 is 2.04 bits per heavy atom. The van der Waals surface area contributed by atoms with Gasteiger partial charge in [-0.1, -0.05) is 0 Å². The predicted octanol–water partition coefficient (Wildman–Crippen LogP) is 3.26. The summed E-state index contributed by atoms with van der Waals surface area (Å²) in [5.41, 5.74) is 0.899. The number of ether oxygens (including phenoxy) is 2. The summed E-state index contributed by atoms with van der Waals surface area (Å²) < 4.78 is 10.7. The van der Waals surface area contributed by atoms with Gasteiger partial charge in [-0.25, -0.2) is 15.0 Å². The maximum Gasteiger partial charge on any atom is 0.275 e. The Labute approximate surface area is 148 Å². The molecule has 8 heteroatoms. The van der Waals surface area contributed by atoms with Crippen LogP contribution in [0.3, 0.4) is 0 Å². The Bertz CT molecular complexity index is 867. The molecule has 3 aromatic rings. The number of aromatic nitrogens is 3. The summed E-state index contributed by atoms with van der Waals surface area (Å²) in [5, 5.41) is 5.06. The van der Waals surface area contributed by atoms with E-state index in [-0.39, 0.29) is 5.91 Å². The molecule has 128 valence electrons. The van der Waals surface area contributed by atoms with Gasteiger partial charge in [-0.3, -0.25) is 4.79 Å². The van der Waals surface area contributed by atoms with Crippen molar-refractivity contribution in [2.75, 3.05) is 19.0 Å². The van der Waals surface area contributed by atoms with Crippen molar-refractivity contribution in [3.05, 3.63) is 47.7 Å². The van der Waals surface area contributed by atoms with Gasteiger partial charge in [0.05, 0.1) is 13.7 Å². The molecule has 0 radical (unpaired) electrons. The molecular weight excluding hydrogens is 340 g/mol. The summed E-state index contributed by atoms with van der Waals surface area (Å²) in [6.45, 7) is 2.43. The van der Waals surface area contributed by atoms with Crippen molar-refractivity contribution in [2.45, 2.75) is 6.92 Å².